The molecular weight excluding hydrogens is 278 g/mol. The van der Waals surface area contributed by atoms with E-state index in [1.807, 2.05) is 24.4 Å². The molecule has 0 aliphatic heterocycles. The minimum atomic E-state index is 0.274. The fourth-order valence-electron chi connectivity index (χ4n) is 2.74. The van der Waals surface area contributed by atoms with E-state index in [0.717, 1.165) is 15.4 Å². The van der Waals surface area contributed by atoms with E-state index in [-0.39, 0.29) is 5.75 Å². The van der Waals surface area contributed by atoms with E-state index in [1.54, 1.807) is 17.4 Å². The number of phenols is 1. The molecule has 0 amide bonds. The van der Waals surface area contributed by atoms with Gasteiger partial charge < -0.3 is 5.11 Å². The number of aryl methyl sites for hydroxylation is 3. The second kappa shape index (κ2) is 5.34. The van der Waals surface area contributed by atoms with Crippen molar-refractivity contribution in [2.45, 2.75) is 20.8 Å². The summed E-state index contributed by atoms with van der Waals surface area (Å²) in [5, 5.41) is 10.8. The number of benzene rings is 2. The number of nitrogens with zero attached hydrogens (tertiary/aromatic N) is 1. The number of aromatic nitrogens is 1. The molecule has 0 unspecified atom stereocenters. The molecule has 21 heavy (non-hydrogen) atoms. The molecule has 0 radical (unpaired) electrons. The van der Waals surface area contributed by atoms with Crippen LogP contribution in [-0.2, 0) is 0 Å². The highest BCUT2D eigenvalue weighted by atomic mass is 32.1. The lowest BCUT2D eigenvalue weighted by molar-refractivity contribution is 0.477. The molecule has 3 rings (SSSR count). The maximum absolute atomic E-state index is 9.96. The van der Waals surface area contributed by atoms with Crippen LogP contribution in [0.4, 0.5) is 0 Å². The minimum Gasteiger partial charge on any atom is -0.507 e. The molecule has 0 aliphatic carbocycles. The summed E-state index contributed by atoms with van der Waals surface area (Å²) >= 11 is 1.62. The molecule has 3 heteroatoms. The van der Waals surface area contributed by atoms with Crippen LogP contribution in [0.2, 0.25) is 0 Å². The Morgan fingerprint density at radius 1 is 1.00 bits per heavy atom. The molecule has 0 spiro atoms. The van der Waals surface area contributed by atoms with Gasteiger partial charge in [-0.15, -0.1) is 11.3 Å². The summed E-state index contributed by atoms with van der Waals surface area (Å²) in [6.45, 7) is 6.38. The zero-order valence-corrected chi connectivity index (χ0v) is 13.2. The number of aromatic hydroxyl groups is 1. The molecule has 2 nitrogen and oxygen atoms in total. The highest BCUT2D eigenvalue weighted by Gasteiger charge is 2.13. The Morgan fingerprint density at radius 2 is 1.67 bits per heavy atom. The molecule has 0 fully saturated rings. The molecular formula is C18H17NOS. The Bertz CT molecular complexity index is 781. The van der Waals surface area contributed by atoms with Crippen molar-refractivity contribution in [3.05, 3.63) is 59.3 Å². The van der Waals surface area contributed by atoms with Crippen LogP contribution in [0.25, 0.3) is 21.0 Å². The van der Waals surface area contributed by atoms with E-state index in [0.29, 0.717) is 0 Å². The summed E-state index contributed by atoms with van der Waals surface area (Å²) in [7, 11) is 0. The number of rotatable bonds is 2. The summed E-state index contributed by atoms with van der Waals surface area (Å²) in [6.07, 6.45) is 1.90. The standard InChI is InChI=1S/C18H17NOS/c1-11-8-12(2)17(13(3)9-11)16-10-19-18(21-16)14-6-4-5-7-15(14)20/h4-10,20H,1-3H3. The summed E-state index contributed by atoms with van der Waals surface area (Å²) < 4.78 is 0. The Labute approximate surface area is 128 Å². The lowest BCUT2D eigenvalue weighted by atomic mass is 9.99. The Kier molecular flexibility index (Phi) is 3.52. The predicted molar refractivity (Wildman–Crippen MR) is 88.9 cm³/mol. The zero-order chi connectivity index (χ0) is 15.0. The first-order chi connectivity index (χ1) is 10.1. The fraction of sp³-hybridized carbons (Fsp3) is 0.167. The van der Waals surface area contributed by atoms with Gasteiger partial charge in [0, 0.05) is 6.20 Å². The van der Waals surface area contributed by atoms with Gasteiger partial charge in [-0.1, -0.05) is 29.8 Å². The number of phenolic OH excluding ortho intramolecular Hbond substituents is 1. The molecule has 2 aromatic carbocycles. The third-order valence-corrected chi connectivity index (χ3v) is 4.61. The third-order valence-electron chi connectivity index (χ3n) is 3.56. The van der Waals surface area contributed by atoms with Crippen LogP contribution >= 0.6 is 11.3 Å². The topological polar surface area (TPSA) is 33.1 Å². The first-order valence-electron chi connectivity index (χ1n) is 6.88. The van der Waals surface area contributed by atoms with Crippen molar-refractivity contribution in [1.82, 2.24) is 4.98 Å². The molecule has 0 bridgehead atoms. The van der Waals surface area contributed by atoms with Crippen LogP contribution in [0.1, 0.15) is 16.7 Å². The van der Waals surface area contributed by atoms with E-state index >= 15 is 0 Å². The van der Waals surface area contributed by atoms with Gasteiger partial charge >= 0.3 is 0 Å². The Balaban J connectivity index is 2.10. The quantitative estimate of drug-likeness (QED) is 0.713. The molecule has 1 heterocycles. The average Bonchev–Trinajstić information content (AvgIpc) is 2.87. The van der Waals surface area contributed by atoms with Gasteiger partial charge in [0.2, 0.25) is 0 Å². The van der Waals surface area contributed by atoms with E-state index in [9.17, 15) is 5.11 Å². The second-order valence-corrected chi connectivity index (χ2v) is 6.35. The van der Waals surface area contributed by atoms with Crippen LogP contribution in [0.15, 0.2) is 42.6 Å². The van der Waals surface area contributed by atoms with E-state index < -0.39 is 0 Å². The zero-order valence-electron chi connectivity index (χ0n) is 12.3. The number of para-hydroxylation sites is 1. The van der Waals surface area contributed by atoms with Crippen molar-refractivity contribution < 1.29 is 5.11 Å². The van der Waals surface area contributed by atoms with Gasteiger partial charge in [0.25, 0.3) is 0 Å². The molecule has 0 aliphatic rings. The molecule has 106 valence electrons. The molecule has 1 aromatic heterocycles. The summed E-state index contributed by atoms with van der Waals surface area (Å²) in [5.41, 5.74) is 5.84. The van der Waals surface area contributed by atoms with Crippen molar-refractivity contribution in [3.63, 3.8) is 0 Å². The van der Waals surface area contributed by atoms with Gasteiger partial charge in [-0.05, 0) is 49.6 Å². The largest absolute Gasteiger partial charge is 0.507 e. The first kappa shape index (κ1) is 13.8. The lowest BCUT2D eigenvalue weighted by Gasteiger charge is -2.08. The molecule has 0 saturated heterocycles. The second-order valence-electron chi connectivity index (χ2n) is 5.32. The van der Waals surface area contributed by atoms with E-state index in [2.05, 4.69) is 37.9 Å². The fourth-order valence-corrected chi connectivity index (χ4v) is 3.86. The lowest BCUT2D eigenvalue weighted by Crippen LogP contribution is -1.87. The van der Waals surface area contributed by atoms with Gasteiger partial charge in [-0.3, -0.25) is 0 Å². The summed E-state index contributed by atoms with van der Waals surface area (Å²) in [5.74, 6) is 0.274. The van der Waals surface area contributed by atoms with Gasteiger partial charge in [0.1, 0.15) is 10.8 Å². The van der Waals surface area contributed by atoms with Crippen LogP contribution in [0.5, 0.6) is 5.75 Å². The Morgan fingerprint density at radius 3 is 2.33 bits per heavy atom. The average molecular weight is 295 g/mol. The maximum atomic E-state index is 9.96. The molecule has 0 atom stereocenters. The normalized spacial score (nSPS) is 10.8. The highest BCUT2D eigenvalue weighted by Crippen LogP contribution is 2.38. The Hall–Kier alpha value is -2.13. The smallest absolute Gasteiger partial charge is 0.127 e. The predicted octanol–water partition coefficient (Wildman–Crippen LogP) is 5.11. The van der Waals surface area contributed by atoms with Crippen molar-refractivity contribution >= 4 is 11.3 Å². The molecule has 1 N–H and O–H groups in total. The number of hydrogen-bond acceptors (Lipinski definition) is 3. The van der Waals surface area contributed by atoms with E-state index in [1.165, 1.54) is 22.3 Å². The minimum absolute atomic E-state index is 0.274. The summed E-state index contributed by atoms with van der Waals surface area (Å²) in [6, 6.07) is 11.7. The van der Waals surface area contributed by atoms with Crippen LogP contribution in [0, 0.1) is 20.8 Å². The number of hydrogen-bond donors (Lipinski definition) is 1. The van der Waals surface area contributed by atoms with Crippen molar-refractivity contribution in [3.8, 4) is 26.8 Å². The number of thiazole rings is 1. The SMILES string of the molecule is Cc1cc(C)c(-c2cnc(-c3ccccc3O)s2)c(C)c1. The van der Waals surface area contributed by atoms with E-state index in [4.69, 9.17) is 0 Å². The van der Waals surface area contributed by atoms with Crippen molar-refractivity contribution in [2.75, 3.05) is 0 Å². The monoisotopic (exact) mass is 295 g/mol. The van der Waals surface area contributed by atoms with Crippen LogP contribution in [-0.4, -0.2) is 10.1 Å². The van der Waals surface area contributed by atoms with Crippen LogP contribution in [0.3, 0.4) is 0 Å². The highest BCUT2D eigenvalue weighted by molar-refractivity contribution is 7.18. The van der Waals surface area contributed by atoms with Gasteiger partial charge in [0.05, 0.1) is 10.4 Å². The molecule has 3 aromatic rings. The van der Waals surface area contributed by atoms with Gasteiger partial charge in [0.15, 0.2) is 0 Å². The van der Waals surface area contributed by atoms with Crippen molar-refractivity contribution in [2.24, 2.45) is 0 Å². The molecule has 0 saturated carbocycles. The van der Waals surface area contributed by atoms with Gasteiger partial charge in [-0.25, -0.2) is 4.98 Å². The summed E-state index contributed by atoms with van der Waals surface area (Å²) in [4.78, 5) is 5.63. The third kappa shape index (κ3) is 2.57. The maximum Gasteiger partial charge on any atom is 0.127 e. The van der Waals surface area contributed by atoms with Gasteiger partial charge in [-0.2, -0.15) is 0 Å². The van der Waals surface area contributed by atoms with Crippen LogP contribution < -0.4 is 0 Å². The first-order valence-corrected chi connectivity index (χ1v) is 7.70. The van der Waals surface area contributed by atoms with Crippen molar-refractivity contribution in [1.29, 1.82) is 0 Å².